The van der Waals surface area contributed by atoms with Gasteiger partial charge in [-0.1, -0.05) is 0 Å². The molecule has 6 heteroatoms. The molecule has 2 fully saturated rings. The third-order valence-electron chi connectivity index (χ3n) is 3.88. The van der Waals surface area contributed by atoms with Crippen LogP contribution in [-0.4, -0.2) is 37.7 Å². The molecule has 17 heavy (non-hydrogen) atoms. The highest BCUT2D eigenvalue weighted by Crippen LogP contribution is 2.49. The van der Waals surface area contributed by atoms with Crippen molar-refractivity contribution in [2.45, 2.75) is 50.2 Å². The van der Waals surface area contributed by atoms with Crippen LogP contribution in [-0.2, 0) is 19.4 Å². The van der Waals surface area contributed by atoms with Crippen LogP contribution < -0.4 is 5.32 Å². The van der Waals surface area contributed by atoms with E-state index in [1.165, 1.54) is 6.92 Å². The molecule has 2 aliphatic rings. The van der Waals surface area contributed by atoms with Crippen LogP contribution in [0.15, 0.2) is 0 Å². The molecule has 1 saturated carbocycles. The van der Waals surface area contributed by atoms with E-state index in [0.717, 1.165) is 19.1 Å². The van der Waals surface area contributed by atoms with Gasteiger partial charge < -0.3 is 10.1 Å². The van der Waals surface area contributed by atoms with Gasteiger partial charge in [-0.3, -0.25) is 4.79 Å². The fourth-order valence-corrected chi connectivity index (χ4v) is 2.64. The average Bonchev–Trinajstić information content (AvgIpc) is 2.86. The molecular weight excluding hydrogens is 242 g/mol. The number of ether oxygens (including phenoxy) is 1. The molecule has 4 atom stereocenters. The van der Waals surface area contributed by atoms with E-state index >= 15 is 0 Å². The van der Waals surface area contributed by atoms with Crippen molar-refractivity contribution in [3.8, 4) is 0 Å². The molecule has 1 heterocycles. The molecule has 0 spiro atoms. The molecule has 5 nitrogen and oxygen atoms in total. The highest BCUT2D eigenvalue weighted by molar-refractivity contribution is 7.91. The first-order chi connectivity index (χ1) is 7.72. The average molecular weight is 261 g/mol. The van der Waals surface area contributed by atoms with Crippen molar-refractivity contribution in [2.75, 3.05) is 6.26 Å². The molecule has 1 aliphatic carbocycles. The van der Waals surface area contributed by atoms with E-state index in [-0.39, 0.29) is 23.5 Å². The Morgan fingerprint density at radius 2 is 2.18 bits per heavy atom. The highest BCUT2D eigenvalue weighted by Gasteiger charge is 2.56. The van der Waals surface area contributed by atoms with E-state index < -0.39 is 15.2 Å². The summed E-state index contributed by atoms with van der Waals surface area (Å²) in [5, 5.41) is 1.74. The van der Waals surface area contributed by atoms with E-state index in [2.05, 4.69) is 12.2 Å². The van der Waals surface area contributed by atoms with Crippen LogP contribution in [0.1, 0.15) is 33.1 Å². The fourth-order valence-electron chi connectivity index (χ4n) is 2.31. The molecule has 0 radical (unpaired) electrons. The second-order valence-electron chi connectivity index (χ2n) is 5.37. The smallest absolute Gasteiger partial charge is 0.224 e. The van der Waals surface area contributed by atoms with Crippen molar-refractivity contribution >= 4 is 15.7 Å². The minimum Gasteiger partial charge on any atom is -0.366 e. The molecule has 4 unspecified atom stereocenters. The zero-order chi connectivity index (χ0) is 12.8. The third kappa shape index (κ3) is 2.63. The van der Waals surface area contributed by atoms with Gasteiger partial charge in [-0.25, -0.2) is 8.42 Å². The molecule has 0 bridgehead atoms. The van der Waals surface area contributed by atoms with Gasteiger partial charge in [-0.15, -0.1) is 0 Å². The Hall–Kier alpha value is -0.620. The zero-order valence-corrected chi connectivity index (χ0v) is 11.2. The summed E-state index contributed by atoms with van der Waals surface area (Å²) in [7, 11) is -3.21. The van der Waals surface area contributed by atoms with Gasteiger partial charge in [0.1, 0.15) is 5.37 Å². The number of hydrogen-bond donors (Lipinski definition) is 1. The van der Waals surface area contributed by atoms with Crippen LogP contribution in [0.25, 0.3) is 0 Å². The summed E-state index contributed by atoms with van der Waals surface area (Å²) in [4.78, 5) is 11.9. The van der Waals surface area contributed by atoms with E-state index in [1.807, 2.05) is 0 Å². The van der Waals surface area contributed by atoms with Gasteiger partial charge >= 0.3 is 0 Å². The molecule has 1 amide bonds. The molecule has 0 aromatic carbocycles. The molecule has 1 saturated heterocycles. The van der Waals surface area contributed by atoms with Crippen LogP contribution in [0.3, 0.4) is 0 Å². The Bertz CT molecular complexity index is 433. The van der Waals surface area contributed by atoms with Gasteiger partial charge in [0.25, 0.3) is 0 Å². The zero-order valence-electron chi connectivity index (χ0n) is 10.4. The summed E-state index contributed by atoms with van der Waals surface area (Å²) < 4.78 is 28.0. The van der Waals surface area contributed by atoms with Gasteiger partial charge in [0, 0.05) is 12.2 Å². The normalized spacial score (nSPS) is 38.1. The molecule has 1 N–H and O–H groups in total. The Balaban J connectivity index is 1.89. The van der Waals surface area contributed by atoms with E-state index in [4.69, 9.17) is 4.74 Å². The van der Waals surface area contributed by atoms with Gasteiger partial charge in [-0.05, 0) is 33.1 Å². The van der Waals surface area contributed by atoms with Crippen molar-refractivity contribution in [3.05, 3.63) is 0 Å². The van der Waals surface area contributed by atoms with E-state index in [9.17, 15) is 13.2 Å². The Morgan fingerprint density at radius 3 is 2.71 bits per heavy atom. The quantitative estimate of drug-likeness (QED) is 0.748. The first-order valence-electron chi connectivity index (χ1n) is 5.89. The lowest BCUT2D eigenvalue weighted by Crippen LogP contribution is -2.43. The first kappa shape index (κ1) is 12.8. The van der Waals surface area contributed by atoms with Crippen molar-refractivity contribution in [1.82, 2.24) is 5.32 Å². The summed E-state index contributed by atoms with van der Waals surface area (Å²) in [5.74, 6) is -0.278. The molecule has 1 aliphatic heterocycles. The summed E-state index contributed by atoms with van der Waals surface area (Å²) in [6.07, 6.45) is 3.66. The monoisotopic (exact) mass is 261 g/mol. The number of rotatable bonds is 3. The van der Waals surface area contributed by atoms with Gasteiger partial charge in [-0.2, -0.15) is 0 Å². The summed E-state index contributed by atoms with van der Waals surface area (Å²) in [6.45, 7) is 3.55. The van der Waals surface area contributed by atoms with Crippen LogP contribution in [0.2, 0.25) is 0 Å². The van der Waals surface area contributed by atoms with Gasteiger partial charge in [0.15, 0.2) is 9.84 Å². The number of carbonyl (C=O) groups excluding carboxylic acids is 1. The maximum atomic E-state index is 11.9. The number of sulfone groups is 1. The van der Waals surface area contributed by atoms with Gasteiger partial charge in [0.2, 0.25) is 5.91 Å². The third-order valence-corrected chi connectivity index (χ3v) is 5.28. The second kappa shape index (κ2) is 3.95. The van der Waals surface area contributed by atoms with Crippen molar-refractivity contribution in [1.29, 1.82) is 0 Å². The number of amides is 1. The lowest BCUT2D eigenvalue weighted by molar-refractivity contribution is -0.126. The molecule has 0 aromatic rings. The van der Waals surface area contributed by atoms with Crippen molar-refractivity contribution < 1.29 is 17.9 Å². The summed E-state index contributed by atoms with van der Waals surface area (Å²) >= 11 is 0. The minimum atomic E-state index is -3.21. The van der Waals surface area contributed by atoms with Gasteiger partial charge in [0.05, 0.1) is 11.7 Å². The number of hydrogen-bond acceptors (Lipinski definition) is 4. The lowest BCUT2D eigenvalue weighted by atomic mass is 9.82. The number of fused-ring (bicyclic) bond motifs is 1. The second-order valence-corrected chi connectivity index (χ2v) is 7.74. The Kier molecular flexibility index (Phi) is 2.98. The Labute approximate surface area is 102 Å². The maximum Gasteiger partial charge on any atom is 0.224 e. The fraction of sp³-hybridized carbons (Fsp3) is 0.909. The number of carbonyl (C=O) groups is 1. The van der Waals surface area contributed by atoms with Crippen LogP contribution in [0.5, 0.6) is 0 Å². The molecule has 0 aromatic heterocycles. The van der Waals surface area contributed by atoms with Crippen LogP contribution in [0, 0.1) is 5.92 Å². The number of epoxide rings is 1. The predicted octanol–water partition coefficient (Wildman–Crippen LogP) is 0.451. The van der Waals surface area contributed by atoms with Crippen LogP contribution >= 0.6 is 0 Å². The van der Waals surface area contributed by atoms with Crippen LogP contribution in [0.4, 0.5) is 0 Å². The molecular formula is C11H19NO4S. The van der Waals surface area contributed by atoms with Crippen molar-refractivity contribution in [2.24, 2.45) is 5.92 Å². The summed E-state index contributed by atoms with van der Waals surface area (Å²) in [5.41, 5.74) is -0.0147. The first-order valence-corrected chi connectivity index (χ1v) is 7.85. The largest absolute Gasteiger partial charge is 0.366 e. The SMILES string of the molecule is CC(NC(=O)C1CCC2(C)OC2C1)S(C)(=O)=O. The maximum absolute atomic E-state index is 11.9. The standard InChI is InChI=1S/C11H19NO4S/c1-7(17(3,14)15)12-10(13)8-4-5-11(2)9(6-8)16-11/h7-9H,4-6H2,1-3H3,(H,12,13). The lowest BCUT2D eigenvalue weighted by Gasteiger charge is -2.23. The van der Waals surface area contributed by atoms with E-state index in [0.29, 0.717) is 6.42 Å². The minimum absolute atomic E-state index is 0.0147. The highest BCUT2D eigenvalue weighted by atomic mass is 32.2. The Morgan fingerprint density at radius 1 is 1.53 bits per heavy atom. The summed E-state index contributed by atoms with van der Waals surface area (Å²) in [6, 6.07) is 0. The van der Waals surface area contributed by atoms with Crippen molar-refractivity contribution in [3.63, 3.8) is 0 Å². The topological polar surface area (TPSA) is 75.8 Å². The molecule has 98 valence electrons. The molecule has 2 rings (SSSR count). The van der Waals surface area contributed by atoms with E-state index in [1.54, 1.807) is 0 Å². The predicted molar refractivity (Wildman–Crippen MR) is 63.1 cm³/mol. The number of nitrogens with one attached hydrogen (secondary N) is 1.